The minimum Gasteiger partial charge on any atom is -0.481 e. The first-order chi connectivity index (χ1) is 7.52. The number of carboxylic acid groups (broad SMARTS) is 1. The van der Waals surface area contributed by atoms with E-state index in [4.69, 9.17) is 5.11 Å². The lowest BCUT2D eigenvalue weighted by atomic mass is 10.1. The molecule has 0 aliphatic rings. The number of hydrogen-bond donors (Lipinski definition) is 2. The molecule has 16 heavy (non-hydrogen) atoms. The van der Waals surface area contributed by atoms with Gasteiger partial charge in [0, 0.05) is 11.7 Å². The van der Waals surface area contributed by atoms with Crippen LogP contribution in [0.4, 0.5) is 5.69 Å². The van der Waals surface area contributed by atoms with Crippen LogP contribution in [0, 0.1) is 6.92 Å². The van der Waals surface area contributed by atoms with Crippen LogP contribution in [-0.4, -0.2) is 17.1 Å². The summed E-state index contributed by atoms with van der Waals surface area (Å²) >= 11 is 0. The number of rotatable bonds is 5. The number of carbonyl (C=O) groups is 1. The predicted octanol–water partition coefficient (Wildman–Crippen LogP) is 2.83. The highest BCUT2D eigenvalue weighted by molar-refractivity contribution is 5.70. The van der Waals surface area contributed by atoms with E-state index < -0.39 is 5.97 Å². The van der Waals surface area contributed by atoms with Gasteiger partial charge >= 0.3 is 5.97 Å². The van der Waals surface area contributed by atoms with Gasteiger partial charge in [-0.2, -0.15) is 0 Å². The molecule has 0 saturated heterocycles. The Morgan fingerprint density at radius 3 is 2.69 bits per heavy atom. The lowest BCUT2D eigenvalue weighted by Gasteiger charge is -2.15. The van der Waals surface area contributed by atoms with Crippen LogP contribution in [0.1, 0.15) is 31.4 Å². The first-order valence-electron chi connectivity index (χ1n) is 5.60. The van der Waals surface area contributed by atoms with Gasteiger partial charge in [-0.25, -0.2) is 0 Å². The molecule has 0 aliphatic heterocycles. The van der Waals surface area contributed by atoms with E-state index in [1.54, 1.807) is 0 Å². The highest BCUT2D eigenvalue weighted by Gasteiger charge is 2.05. The Morgan fingerprint density at radius 1 is 1.50 bits per heavy atom. The molecule has 3 heteroatoms. The van der Waals surface area contributed by atoms with Gasteiger partial charge in [-0.05, 0) is 37.5 Å². The lowest BCUT2D eigenvalue weighted by molar-refractivity contribution is -0.136. The maximum atomic E-state index is 10.6. The van der Waals surface area contributed by atoms with Gasteiger partial charge in [-0.1, -0.05) is 19.1 Å². The molecule has 2 N–H and O–H groups in total. The number of benzene rings is 1. The van der Waals surface area contributed by atoms with Crippen molar-refractivity contribution in [3.8, 4) is 0 Å². The summed E-state index contributed by atoms with van der Waals surface area (Å²) in [4.78, 5) is 10.6. The predicted molar refractivity (Wildman–Crippen MR) is 65.9 cm³/mol. The van der Waals surface area contributed by atoms with Crippen molar-refractivity contribution in [2.45, 2.75) is 39.7 Å². The molecule has 0 aromatic heterocycles. The molecule has 3 nitrogen and oxygen atoms in total. The van der Waals surface area contributed by atoms with Gasteiger partial charge in [-0.15, -0.1) is 0 Å². The van der Waals surface area contributed by atoms with E-state index in [-0.39, 0.29) is 6.42 Å². The second kappa shape index (κ2) is 5.54. The number of hydrogen-bond acceptors (Lipinski definition) is 2. The fraction of sp³-hybridized carbons (Fsp3) is 0.462. The van der Waals surface area contributed by atoms with Crippen molar-refractivity contribution in [2.24, 2.45) is 0 Å². The number of aliphatic carboxylic acids is 1. The summed E-state index contributed by atoms with van der Waals surface area (Å²) in [7, 11) is 0. The fourth-order valence-electron chi connectivity index (χ4n) is 1.54. The van der Waals surface area contributed by atoms with Gasteiger partial charge in [0.05, 0.1) is 6.42 Å². The molecule has 88 valence electrons. The molecule has 1 aromatic carbocycles. The van der Waals surface area contributed by atoms with E-state index in [1.165, 1.54) is 0 Å². The van der Waals surface area contributed by atoms with Crippen molar-refractivity contribution in [3.05, 3.63) is 29.3 Å². The summed E-state index contributed by atoms with van der Waals surface area (Å²) in [5.74, 6) is -0.790. The van der Waals surface area contributed by atoms with Crippen LogP contribution in [0.25, 0.3) is 0 Å². The van der Waals surface area contributed by atoms with Gasteiger partial charge < -0.3 is 10.4 Å². The minimum atomic E-state index is -0.790. The van der Waals surface area contributed by atoms with Crippen molar-refractivity contribution < 1.29 is 9.90 Å². The van der Waals surface area contributed by atoms with E-state index >= 15 is 0 Å². The summed E-state index contributed by atoms with van der Waals surface area (Å²) in [6, 6.07) is 6.19. The summed E-state index contributed by atoms with van der Waals surface area (Å²) in [5, 5.41) is 12.1. The maximum Gasteiger partial charge on any atom is 0.307 e. The molecule has 1 atom stereocenters. The highest BCUT2D eigenvalue weighted by Crippen LogP contribution is 2.18. The minimum absolute atomic E-state index is 0.0877. The molecule has 0 spiro atoms. The molecule has 0 fully saturated rings. The Bertz CT molecular complexity index is 374. The third-order valence-corrected chi connectivity index (χ3v) is 2.66. The maximum absolute atomic E-state index is 10.6. The molecular formula is C13H19NO2. The zero-order valence-corrected chi connectivity index (χ0v) is 10.1. The van der Waals surface area contributed by atoms with Crippen LogP contribution in [-0.2, 0) is 11.2 Å². The lowest BCUT2D eigenvalue weighted by Crippen LogP contribution is -2.14. The van der Waals surface area contributed by atoms with Crippen LogP contribution in [0.3, 0.4) is 0 Å². The zero-order valence-electron chi connectivity index (χ0n) is 10.1. The molecular weight excluding hydrogens is 202 g/mol. The quantitative estimate of drug-likeness (QED) is 0.803. The third kappa shape index (κ3) is 3.57. The van der Waals surface area contributed by atoms with Crippen molar-refractivity contribution in [2.75, 3.05) is 5.32 Å². The molecule has 1 rings (SSSR count). The highest BCUT2D eigenvalue weighted by atomic mass is 16.4. The van der Waals surface area contributed by atoms with Gasteiger partial charge in [0.15, 0.2) is 0 Å². The van der Waals surface area contributed by atoms with E-state index in [0.717, 1.165) is 23.2 Å². The summed E-state index contributed by atoms with van der Waals surface area (Å²) in [6.07, 6.45) is 1.15. The molecule has 0 aliphatic carbocycles. The van der Waals surface area contributed by atoms with Crippen molar-refractivity contribution in [1.82, 2.24) is 0 Å². The monoisotopic (exact) mass is 221 g/mol. The number of nitrogens with one attached hydrogen (secondary N) is 1. The SMILES string of the molecule is CCC(C)Nc1ccc(CC(=O)O)cc1C. The van der Waals surface area contributed by atoms with Gasteiger partial charge in [0.2, 0.25) is 0 Å². The van der Waals surface area contributed by atoms with Gasteiger partial charge in [0.1, 0.15) is 0 Å². The van der Waals surface area contributed by atoms with Crippen LogP contribution in [0.5, 0.6) is 0 Å². The molecule has 0 bridgehead atoms. The summed E-state index contributed by atoms with van der Waals surface area (Å²) < 4.78 is 0. The average Bonchev–Trinajstić information content (AvgIpc) is 2.21. The Kier molecular flexibility index (Phi) is 4.35. The Hall–Kier alpha value is -1.51. The van der Waals surface area contributed by atoms with Crippen molar-refractivity contribution in [1.29, 1.82) is 0 Å². The zero-order chi connectivity index (χ0) is 12.1. The van der Waals surface area contributed by atoms with Crippen molar-refractivity contribution in [3.63, 3.8) is 0 Å². The van der Waals surface area contributed by atoms with E-state index in [2.05, 4.69) is 19.2 Å². The molecule has 0 amide bonds. The average molecular weight is 221 g/mol. The topological polar surface area (TPSA) is 49.3 Å². The summed E-state index contributed by atoms with van der Waals surface area (Å²) in [6.45, 7) is 6.26. The molecule has 1 aromatic rings. The largest absolute Gasteiger partial charge is 0.481 e. The Balaban J connectivity index is 2.79. The second-order valence-electron chi connectivity index (χ2n) is 4.17. The molecule has 1 unspecified atom stereocenters. The molecule has 0 radical (unpaired) electrons. The standard InChI is InChI=1S/C13H19NO2/c1-4-10(3)14-12-6-5-11(7-9(12)2)8-13(15)16/h5-7,10,14H,4,8H2,1-3H3,(H,15,16). The smallest absolute Gasteiger partial charge is 0.307 e. The van der Waals surface area contributed by atoms with Gasteiger partial charge in [-0.3, -0.25) is 4.79 Å². The first kappa shape index (κ1) is 12.6. The van der Waals surface area contributed by atoms with Crippen molar-refractivity contribution >= 4 is 11.7 Å². The number of anilines is 1. The van der Waals surface area contributed by atoms with Crippen LogP contribution in [0.15, 0.2) is 18.2 Å². The fourth-order valence-corrected chi connectivity index (χ4v) is 1.54. The van der Waals surface area contributed by atoms with Gasteiger partial charge in [0.25, 0.3) is 0 Å². The van der Waals surface area contributed by atoms with E-state index in [1.807, 2.05) is 25.1 Å². The van der Waals surface area contributed by atoms with Crippen LogP contribution < -0.4 is 5.32 Å². The normalized spacial score (nSPS) is 12.2. The Morgan fingerprint density at radius 2 is 2.19 bits per heavy atom. The second-order valence-corrected chi connectivity index (χ2v) is 4.17. The molecule has 0 saturated carbocycles. The molecule has 0 heterocycles. The number of aryl methyl sites for hydroxylation is 1. The number of carboxylic acids is 1. The van der Waals surface area contributed by atoms with Crippen LogP contribution >= 0.6 is 0 Å². The Labute approximate surface area is 96.5 Å². The third-order valence-electron chi connectivity index (χ3n) is 2.66. The van der Waals surface area contributed by atoms with Crippen LogP contribution in [0.2, 0.25) is 0 Å². The van der Waals surface area contributed by atoms with E-state index in [0.29, 0.717) is 6.04 Å². The van der Waals surface area contributed by atoms with E-state index in [9.17, 15) is 4.79 Å². The summed E-state index contributed by atoms with van der Waals surface area (Å²) in [5.41, 5.74) is 3.03. The first-order valence-corrected chi connectivity index (χ1v) is 5.60.